The molecule has 52 heavy (non-hydrogen) atoms. The zero-order valence-electron chi connectivity index (χ0n) is 29.8. The maximum Gasteiger partial charge on any atom is 0.410 e. The highest BCUT2D eigenvalue weighted by Crippen LogP contribution is 2.49. The van der Waals surface area contributed by atoms with Crippen LogP contribution >= 0.6 is 0 Å². The monoisotopic (exact) mass is 737 g/mol. The van der Waals surface area contributed by atoms with Crippen molar-refractivity contribution in [1.29, 1.82) is 0 Å². The summed E-state index contributed by atoms with van der Waals surface area (Å²) in [6.45, 7) is 9.70. The molecule has 4 fully saturated rings. The number of fused-ring (bicyclic) bond motifs is 4. The molecule has 14 nitrogen and oxygen atoms in total. The molecule has 0 unspecified atom stereocenters. The van der Waals surface area contributed by atoms with Crippen LogP contribution < -0.4 is 15.4 Å². The number of nitrogens with zero attached hydrogens (tertiary/aromatic N) is 2. The number of rotatable bonds is 7. The number of allylic oxidation sites excluding steroid dienone is 1. The highest BCUT2D eigenvalue weighted by molar-refractivity contribution is 7.91. The van der Waals surface area contributed by atoms with E-state index in [1.54, 1.807) is 18.7 Å². The van der Waals surface area contributed by atoms with E-state index in [4.69, 9.17) is 9.47 Å². The fourth-order valence-electron chi connectivity index (χ4n) is 7.88. The number of benzene rings is 1. The Bertz CT molecular complexity index is 1840. The molecule has 6 aliphatic rings. The van der Waals surface area contributed by atoms with Crippen LogP contribution in [0.3, 0.4) is 0 Å². The minimum absolute atomic E-state index is 0.0794. The molecule has 0 aromatic heterocycles. The minimum atomic E-state index is -3.91. The van der Waals surface area contributed by atoms with Crippen molar-refractivity contribution in [3.8, 4) is 0 Å². The van der Waals surface area contributed by atoms with E-state index in [1.807, 2.05) is 25.1 Å². The number of carbonyl (C=O) groups excluding carboxylic acids is 5. The van der Waals surface area contributed by atoms with Gasteiger partial charge < -0.3 is 25.0 Å². The van der Waals surface area contributed by atoms with Gasteiger partial charge in [0.2, 0.25) is 21.8 Å². The number of amides is 5. The van der Waals surface area contributed by atoms with Crippen molar-refractivity contribution in [2.24, 2.45) is 17.8 Å². The molecule has 15 heteroatoms. The van der Waals surface area contributed by atoms with Crippen LogP contribution in [0.5, 0.6) is 0 Å². The lowest BCUT2D eigenvalue weighted by molar-refractivity contribution is -0.141. The molecule has 280 valence electrons. The van der Waals surface area contributed by atoms with E-state index in [2.05, 4.69) is 34.1 Å². The van der Waals surface area contributed by atoms with Crippen LogP contribution in [-0.4, -0.2) is 89.2 Å². The van der Waals surface area contributed by atoms with Crippen LogP contribution in [0.2, 0.25) is 0 Å². The Hall–Kier alpha value is -4.40. The van der Waals surface area contributed by atoms with Gasteiger partial charge in [0.25, 0.3) is 5.91 Å². The van der Waals surface area contributed by atoms with Gasteiger partial charge in [-0.1, -0.05) is 50.3 Å². The topological polar surface area (TPSA) is 181 Å². The third-order valence-corrected chi connectivity index (χ3v) is 13.3. The van der Waals surface area contributed by atoms with Crippen LogP contribution in [0, 0.1) is 17.8 Å². The van der Waals surface area contributed by atoms with Crippen LogP contribution in [-0.2, 0) is 47.0 Å². The Balaban J connectivity index is 1.15. The van der Waals surface area contributed by atoms with E-state index in [0.29, 0.717) is 32.4 Å². The second-order valence-electron chi connectivity index (χ2n) is 15.7. The molecule has 4 bridgehead atoms. The number of carbonyl (C=O) groups is 5. The molecule has 5 amide bonds. The van der Waals surface area contributed by atoms with Crippen LogP contribution in [0.4, 0.5) is 9.59 Å². The zero-order chi connectivity index (χ0) is 37.2. The SMILES string of the molecule is C=C[C@@H]1C[C@]1(NC(=O)[C@@H]1C[C@@H]2CN1C(=O)[C@H](C(C)C)NC(=O)O[C@]1(C)C[C@H]1CC/C=C/c1cccc3c1CN(C3)C(=O)O2)C(=O)NS(=O)(=O)C1CC1. The van der Waals surface area contributed by atoms with Gasteiger partial charge in [-0.05, 0) is 68.1 Å². The van der Waals surface area contributed by atoms with Gasteiger partial charge in [0.1, 0.15) is 29.3 Å². The third-order valence-electron chi connectivity index (χ3n) is 11.5. The first-order valence-corrected chi connectivity index (χ1v) is 19.7. The van der Waals surface area contributed by atoms with E-state index in [0.717, 1.165) is 29.5 Å². The Labute approximate surface area is 303 Å². The predicted molar refractivity (Wildman–Crippen MR) is 188 cm³/mol. The first kappa shape index (κ1) is 36.0. The lowest BCUT2D eigenvalue weighted by Crippen LogP contribution is -2.59. The molecule has 1 aromatic carbocycles. The lowest BCUT2D eigenvalue weighted by atomic mass is 10.0. The Kier molecular flexibility index (Phi) is 9.15. The fourth-order valence-corrected chi connectivity index (χ4v) is 9.24. The van der Waals surface area contributed by atoms with Gasteiger partial charge >= 0.3 is 12.2 Å². The maximum absolute atomic E-state index is 14.3. The van der Waals surface area contributed by atoms with Crippen molar-refractivity contribution < 1.29 is 41.9 Å². The van der Waals surface area contributed by atoms with Crippen molar-refractivity contribution in [3.05, 3.63) is 53.6 Å². The Morgan fingerprint density at radius 2 is 1.88 bits per heavy atom. The van der Waals surface area contributed by atoms with Crippen molar-refractivity contribution in [1.82, 2.24) is 25.2 Å². The molecule has 3 aliphatic carbocycles. The molecule has 7 rings (SSSR count). The summed E-state index contributed by atoms with van der Waals surface area (Å²) in [5.74, 6) is -2.94. The van der Waals surface area contributed by atoms with E-state index in [1.165, 1.54) is 11.0 Å². The highest BCUT2D eigenvalue weighted by atomic mass is 32.2. The van der Waals surface area contributed by atoms with Gasteiger partial charge in [-0.2, -0.15) is 0 Å². The molecular formula is C37H47N5O9S. The summed E-state index contributed by atoms with van der Waals surface area (Å²) in [5, 5.41) is 4.82. The summed E-state index contributed by atoms with van der Waals surface area (Å²) in [5.41, 5.74) is 0.797. The number of sulfonamides is 1. The molecule has 0 spiro atoms. The quantitative estimate of drug-likeness (QED) is 0.355. The van der Waals surface area contributed by atoms with Gasteiger partial charge in [-0.25, -0.2) is 18.0 Å². The second-order valence-corrected chi connectivity index (χ2v) is 17.7. The van der Waals surface area contributed by atoms with Gasteiger partial charge in [0.05, 0.1) is 18.3 Å². The predicted octanol–water partition coefficient (Wildman–Crippen LogP) is 3.11. The number of alkyl carbamates (subject to hydrolysis) is 1. The van der Waals surface area contributed by atoms with E-state index < -0.39 is 86.3 Å². The minimum Gasteiger partial charge on any atom is -0.444 e. The van der Waals surface area contributed by atoms with E-state index >= 15 is 0 Å². The molecule has 7 atom stereocenters. The third kappa shape index (κ3) is 6.91. The first-order valence-electron chi connectivity index (χ1n) is 18.2. The summed E-state index contributed by atoms with van der Waals surface area (Å²) >= 11 is 0. The smallest absolute Gasteiger partial charge is 0.410 e. The highest BCUT2D eigenvalue weighted by Gasteiger charge is 2.62. The average molecular weight is 738 g/mol. The normalized spacial score (nSPS) is 33.6. The van der Waals surface area contributed by atoms with Gasteiger partial charge in [0.15, 0.2) is 0 Å². The average Bonchev–Trinajstić information content (AvgIpc) is 4.04. The zero-order valence-corrected chi connectivity index (χ0v) is 30.6. The molecule has 1 saturated heterocycles. The molecule has 1 aromatic rings. The standard InChI is InChI=1S/C37H47N5O9S/c1-5-24-17-37(24,33(45)40-52(48,49)27-13-14-27)39-31(43)29-15-26-19-42(29)32(44)30(21(2)3)38-34(46)51-36(4)16-25(36)12-7-6-9-22-10-8-11-23-18-41(20-28(22)23)35(47)50-26/h5-6,8-11,21,24-27,29-30H,1,7,12-20H2,2-4H3,(H,38,46)(H,39,43)(H,40,45)/b9-6+/t24-,25-,26-,29+,30+,36-,37-/m1/s1. The molecule has 0 radical (unpaired) electrons. The molecular weight excluding hydrogens is 691 g/mol. The largest absolute Gasteiger partial charge is 0.444 e. The summed E-state index contributed by atoms with van der Waals surface area (Å²) in [6, 6.07) is 3.65. The summed E-state index contributed by atoms with van der Waals surface area (Å²) < 4.78 is 39.2. The molecule has 3 saturated carbocycles. The van der Waals surface area contributed by atoms with Crippen LogP contribution in [0.15, 0.2) is 36.9 Å². The summed E-state index contributed by atoms with van der Waals surface area (Å²) in [7, 11) is -3.91. The van der Waals surface area contributed by atoms with E-state index in [-0.39, 0.29) is 25.3 Å². The number of hydrogen-bond acceptors (Lipinski definition) is 9. The van der Waals surface area contributed by atoms with Crippen molar-refractivity contribution in [2.75, 3.05) is 6.54 Å². The van der Waals surface area contributed by atoms with Gasteiger partial charge in [0, 0.05) is 24.8 Å². The number of ether oxygens (including phenoxy) is 2. The second kappa shape index (κ2) is 13.2. The van der Waals surface area contributed by atoms with Crippen molar-refractivity contribution >= 4 is 46.0 Å². The molecule has 3 heterocycles. The first-order chi connectivity index (χ1) is 24.6. The summed E-state index contributed by atoms with van der Waals surface area (Å²) in [6.07, 6.45) is 6.65. The maximum atomic E-state index is 14.3. The van der Waals surface area contributed by atoms with Crippen LogP contribution in [0.25, 0.3) is 6.08 Å². The fraction of sp³-hybridized carbons (Fsp3) is 0.595. The number of hydrogen-bond donors (Lipinski definition) is 3. The molecule has 3 N–H and O–H groups in total. The van der Waals surface area contributed by atoms with Crippen molar-refractivity contribution in [2.45, 2.75) is 113 Å². The Morgan fingerprint density at radius 1 is 1.12 bits per heavy atom. The summed E-state index contributed by atoms with van der Waals surface area (Å²) in [4.78, 5) is 71.6. The van der Waals surface area contributed by atoms with Gasteiger partial charge in [-0.3, -0.25) is 24.0 Å². The molecule has 3 aliphatic heterocycles. The van der Waals surface area contributed by atoms with Crippen LogP contribution in [0.1, 0.15) is 82.4 Å². The Morgan fingerprint density at radius 3 is 2.58 bits per heavy atom. The number of nitrogens with one attached hydrogen (secondary N) is 3. The van der Waals surface area contributed by atoms with Gasteiger partial charge in [-0.15, -0.1) is 6.58 Å². The van der Waals surface area contributed by atoms with Crippen molar-refractivity contribution in [3.63, 3.8) is 0 Å². The van der Waals surface area contributed by atoms with E-state index in [9.17, 15) is 32.4 Å². The lowest BCUT2D eigenvalue weighted by Gasteiger charge is -2.31.